The molecule has 0 heterocycles. The van der Waals surface area contributed by atoms with Crippen LogP contribution in [0.15, 0.2) is 28.7 Å². The molecule has 0 amide bonds. The highest BCUT2D eigenvalue weighted by molar-refractivity contribution is 9.10. The highest BCUT2D eigenvalue weighted by atomic mass is 79.9. The van der Waals surface area contributed by atoms with Crippen molar-refractivity contribution < 1.29 is 4.74 Å². The fourth-order valence-electron chi connectivity index (χ4n) is 3.51. The molecule has 3 heteroatoms. The lowest BCUT2D eigenvalue weighted by atomic mass is 9.71. The second-order valence-electron chi connectivity index (χ2n) is 6.87. The molecule has 1 aliphatic rings. The van der Waals surface area contributed by atoms with Crippen LogP contribution in [0.5, 0.6) is 0 Å². The van der Waals surface area contributed by atoms with Crippen LogP contribution in [0.4, 0.5) is 0 Å². The monoisotopic (exact) mass is 402 g/mol. The molecule has 0 aliphatic heterocycles. The molecule has 20 heavy (non-hydrogen) atoms. The number of alkyl halides is 1. The van der Waals surface area contributed by atoms with Gasteiger partial charge in [0, 0.05) is 9.80 Å². The lowest BCUT2D eigenvalue weighted by molar-refractivity contribution is -0.0579. The van der Waals surface area contributed by atoms with Gasteiger partial charge in [-0.3, -0.25) is 0 Å². The second-order valence-corrected chi connectivity index (χ2v) is 8.43. The second kappa shape index (κ2) is 6.93. The summed E-state index contributed by atoms with van der Waals surface area (Å²) in [5.74, 6) is 0.752. The Morgan fingerprint density at radius 2 is 2.10 bits per heavy atom. The first-order chi connectivity index (χ1) is 9.39. The highest BCUT2D eigenvalue weighted by Crippen LogP contribution is 2.41. The SMILES string of the molecule is CC1CC(OC(CBr)c2cccc(Br)c2)CC(C)(C)C1. The zero-order valence-electron chi connectivity index (χ0n) is 12.5. The Balaban J connectivity index is 2.06. The third-order valence-electron chi connectivity index (χ3n) is 4.06. The molecule has 0 saturated heterocycles. The summed E-state index contributed by atoms with van der Waals surface area (Å²) in [7, 11) is 0. The van der Waals surface area contributed by atoms with Crippen molar-refractivity contribution in [2.24, 2.45) is 11.3 Å². The van der Waals surface area contributed by atoms with Crippen LogP contribution in [0.25, 0.3) is 0 Å². The van der Waals surface area contributed by atoms with E-state index in [0.717, 1.165) is 22.1 Å². The summed E-state index contributed by atoms with van der Waals surface area (Å²) in [4.78, 5) is 0. The molecule has 3 atom stereocenters. The van der Waals surface area contributed by atoms with E-state index in [2.05, 4.69) is 76.9 Å². The van der Waals surface area contributed by atoms with Crippen molar-refractivity contribution in [1.82, 2.24) is 0 Å². The van der Waals surface area contributed by atoms with Crippen molar-refractivity contribution in [2.45, 2.75) is 52.2 Å². The highest BCUT2D eigenvalue weighted by Gasteiger charge is 2.33. The van der Waals surface area contributed by atoms with E-state index in [-0.39, 0.29) is 6.10 Å². The van der Waals surface area contributed by atoms with Gasteiger partial charge in [0.2, 0.25) is 0 Å². The molecule has 3 unspecified atom stereocenters. The van der Waals surface area contributed by atoms with Gasteiger partial charge in [-0.25, -0.2) is 0 Å². The Labute approximate surface area is 139 Å². The fourth-order valence-corrected chi connectivity index (χ4v) is 4.45. The van der Waals surface area contributed by atoms with Crippen LogP contribution < -0.4 is 0 Å². The first-order valence-corrected chi connectivity index (χ1v) is 9.28. The predicted octanol–water partition coefficient (Wildman–Crippen LogP) is 6.12. The predicted molar refractivity (Wildman–Crippen MR) is 92.3 cm³/mol. The molecule has 112 valence electrons. The van der Waals surface area contributed by atoms with Crippen LogP contribution in [0.3, 0.4) is 0 Å². The molecule has 1 saturated carbocycles. The Bertz CT molecular complexity index is 444. The van der Waals surface area contributed by atoms with Crippen molar-refractivity contribution in [3.8, 4) is 0 Å². The molecule has 1 fully saturated rings. The molecular formula is C17H24Br2O. The van der Waals surface area contributed by atoms with E-state index in [4.69, 9.17) is 4.74 Å². The van der Waals surface area contributed by atoms with Crippen LogP contribution in [-0.4, -0.2) is 11.4 Å². The number of hydrogen-bond donors (Lipinski definition) is 0. The average molecular weight is 404 g/mol. The maximum atomic E-state index is 6.42. The molecule has 0 spiro atoms. The van der Waals surface area contributed by atoms with Crippen molar-refractivity contribution in [3.05, 3.63) is 34.3 Å². The number of rotatable bonds is 4. The number of ether oxygens (including phenoxy) is 1. The van der Waals surface area contributed by atoms with E-state index in [9.17, 15) is 0 Å². The number of hydrogen-bond acceptors (Lipinski definition) is 1. The first kappa shape index (κ1) is 16.5. The van der Waals surface area contributed by atoms with E-state index in [1.54, 1.807) is 0 Å². The third kappa shape index (κ3) is 4.57. The maximum Gasteiger partial charge on any atom is 0.0925 e. The summed E-state index contributed by atoms with van der Waals surface area (Å²) in [6, 6.07) is 8.43. The van der Waals surface area contributed by atoms with Crippen molar-refractivity contribution >= 4 is 31.9 Å². The van der Waals surface area contributed by atoms with Crippen LogP contribution >= 0.6 is 31.9 Å². The van der Waals surface area contributed by atoms with E-state index >= 15 is 0 Å². The average Bonchev–Trinajstić information content (AvgIpc) is 2.33. The summed E-state index contributed by atoms with van der Waals surface area (Å²) in [5.41, 5.74) is 1.64. The molecular weight excluding hydrogens is 380 g/mol. The third-order valence-corrected chi connectivity index (χ3v) is 5.15. The molecule has 1 nitrogen and oxygen atoms in total. The van der Waals surface area contributed by atoms with Crippen LogP contribution in [-0.2, 0) is 4.74 Å². The minimum Gasteiger partial charge on any atom is -0.369 e. The van der Waals surface area contributed by atoms with E-state index in [0.29, 0.717) is 11.5 Å². The minimum absolute atomic E-state index is 0.138. The topological polar surface area (TPSA) is 9.23 Å². The lowest BCUT2D eigenvalue weighted by Crippen LogP contribution is -2.33. The minimum atomic E-state index is 0.138. The molecule has 0 aromatic heterocycles. The van der Waals surface area contributed by atoms with Gasteiger partial charge in [-0.05, 0) is 48.3 Å². The van der Waals surface area contributed by atoms with Gasteiger partial charge in [0.05, 0.1) is 12.2 Å². The molecule has 2 rings (SSSR count). The summed E-state index contributed by atoms with van der Waals surface area (Å²) in [6.45, 7) is 7.07. The molecule has 1 aromatic rings. The molecule has 0 N–H and O–H groups in total. The Morgan fingerprint density at radius 1 is 1.35 bits per heavy atom. The Hall–Kier alpha value is 0.140. The van der Waals surface area contributed by atoms with Gasteiger partial charge in [-0.2, -0.15) is 0 Å². The van der Waals surface area contributed by atoms with Crippen LogP contribution in [0, 0.1) is 11.3 Å². The van der Waals surface area contributed by atoms with Crippen molar-refractivity contribution in [3.63, 3.8) is 0 Å². The van der Waals surface area contributed by atoms with Crippen molar-refractivity contribution in [2.75, 3.05) is 5.33 Å². The van der Waals surface area contributed by atoms with Gasteiger partial charge in [-0.1, -0.05) is 64.8 Å². The standard InChI is InChI=1S/C17H24Br2O/c1-12-7-15(10-17(2,3)9-12)20-16(11-18)13-5-4-6-14(19)8-13/h4-6,8,12,15-16H,7,9-11H2,1-3H3. The summed E-state index contributed by atoms with van der Waals surface area (Å²) >= 11 is 7.15. The van der Waals surface area contributed by atoms with Crippen LogP contribution in [0.2, 0.25) is 0 Å². The van der Waals surface area contributed by atoms with E-state index in [1.165, 1.54) is 18.4 Å². The largest absolute Gasteiger partial charge is 0.369 e. The Kier molecular flexibility index (Phi) is 5.72. The molecule has 0 bridgehead atoms. The summed E-state index contributed by atoms with van der Waals surface area (Å²) in [5, 5.41) is 0.842. The quantitative estimate of drug-likeness (QED) is 0.550. The normalized spacial score (nSPS) is 27.2. The molecule has 1 aliphatic carbocycles. The van der Waals surface area contributed by atoms with Gasteiger partial charge in [0.25, 0.3) is 0 Å². The van der Waals surface area contributed by atoms with Gasteiger partial charge in [-0.15, -0.1) is 0 Å². The number of halogens is 2. The van der Waals surface area contributed by atoms with E-state index in [1.807, 2.05) is 0 Å². The molecule has 1 aromatic carbocycles. The van der Waals surface area contributed by atoms with Gasteiger partial charge < -0.3 is 4.74 Å². The van der Waals surface area contributed by atoms with Gasteiger partial charge in [0.1, 0.15) is 0 Å². The zero-order chi connectivity index (χ0) is 14.8. The lowest BCUT2D eigenvalue weighted by Gasteiger charge is -2.40. The fraction of sp³-hybridized carbons (Fsp3) is 0.647. The van der Waals surface area contributed by atoms with Crippen LogP contribution in [0.1, 0.15) is 51.7 Å². The Morgan fingerprint density at radius 3 is 2.70 bits per heavy atom. The van der Waals surface area contributed by atoms with Gasteiger partial charge >= 0.3 is 0 Å². The number of benzene rings is 1. The smallest absolute Gasteiger partial charge is 0.0925 e. The van der Waals surface area contributed by atoms with Crippen molar-refractivity contribution in [1.29, 1.82) is 0 Å². The van der Waals surface area contributed by atoms with E-state index < -0.39 is 0 Å². The van der Waals surface area contributed by atoms with Gasteiger partial charge in [0.15, 0.2) is 0 Å². The zero-order valence-corrected chi connectivity index (χ0v) is 15.7. The summed E-state index contributed by atoms with van der Waals surface area (Å²) in [6.07, 6.45) is 4.16. The summed E-state index contributed by atoms with van der Waals surface area (Å²) < 4.78 is 7.53. The maximum absolute atomic E-state index is 6.42. The molecule has 0 radical (unpaired) electrons. The first-order valence-electron chi connectivity index (χ1n) is 7.36.